The first kappa shape index (κ1) is 11.5. The number of benzene rings is 1. The van der Waals surface area contributed by atoms with Gasteiger partial charge in [0.05, 0.1) is 4.91 Å². The SMILES string of the molecule is CN1C(=O)/C(=C/c2cc3ccccc3o2)SC1=S. The average molecular weight is 275 g/mol. The summed E-state index contributed by atoms with van der Waals surface area (Å²) in [6.07, 6.45) is 1.74. The van der Waals surface area contributed by atoms with Crippen molar-refractivity contribution in [3.05, 3.63) is 41.0 Å². The molecule has 1 aromatic heterocycles. The van der Waals surface area contributed by atoms with Crippen molar-refractivity contribution in [1.82, 2.24) is 4.90 Å². The molecule has 0 aliphatic carbocycles. The van der Waals surface area contributed by atoms with Crippen molar-refractivity contribution in [2.24, 2.45) is 0 Å². The number of hydrogen-bond donors (Lipinski definition) is 0. The summed E-state index contributed by atoms with van der Waals surface area (Å²) in [4.78, 5) is 13.9. The second-order valence-electron chi connectivity index (χ2n) is 3.93. The van der Waals surface area contributed by atoms with Crippen LogP contribution in [0.1, 0.15) is 5.76 Å². The van der Waals surface area contributed by atoms with E-state index in [4.69, 9.17) is 16.6 Å². The molecule has 1 fully saturated rings. The number of fused-ring (bicyclic) bond motifs is 1. The summed E-state index contributed by atoms with van der Waals surface area (Å²) in [5, 5.41) is 1.02. The van der Waals surface area contributed by atoms with E-state index < -0.39 is 0 Å². The molecular weight excluding hydrogens is 266 g/mol. The van der Waals surface area contributed by atoms with Gasteiger partial charge >= 0.3 is 0 Å². The van der Waals surface area contributed by atoms with Crippen LogP contribution in [0.15, 0.2) is 39.7 Å². The maximum absolute atomic E-state index is 11.8. The molecule has 5 heteroatoms. The summed E-state index contributed by atoms with van der Waals surface area (Å²) in [6.45, 7) is 0. The van der Waals surface area contributed by atoms with Crippen LogP contribution in [-0.4, -0.2) is 22.2 Å². The Morgan fingerprint density at radius 2 is 2.17 bits per heavy atom. The molecule has 3 rings (SSSR count). The third kappa shape index (κ3) is 1.85. The molecule has 0 N–H and O–H groups in total. The molecular formula is C13H9NO2S2. The number of rotatable bonds is 1. The van der Waals surface area contributed by atoms with Gasteiger partial charge in [-0.05, 0) is 12.1 Å². The quantitative estimate of drug-likeness (QED) is 0.591. The molecule has 18 heavy (non-hydrogen) atoms. The van der Waals surface area contributed by atoms with E-state index in [-0.39, 0.29) is 5.91 Å². The average Bonchev–Trinajstić information content (AvgIpc) is 2.87. The van der Waals surface area contributed by atoms with Crippen molar-refractivity contribution in [3.8, 4) is 0 Å². The maximum atomic E-state index is 11.8. The number of carbonyl (C=O) groups is 1. The van der Waals surface area contributed by atoms with Crippen LogP contribution in [-0.2, 0) is 4.79 Å². The smallest absolute Gasteiger partial charge is 0.266 e. The number of thioether (sulfide) groups is 1. The molecule has 3 nitrogen and oxygen atoms in total. The van der Waals surface area contributed by atoms with Crippen LogP contribution in [0.4, 0.5) is 0 Å². The van der Waals surface area contributed by atoms with Gasteiger partial charge in [-0.15, -0.1) is 0 Å². The van der Waals surface area contributed by atoms with E-state index in [1.54, 1.807) is 13.1 Å². The summed E-state index contributed by atoms with van der Waals surface area (Å²) in [5.74, 6) is 0.593. The Bertz CT molecular complexity index is 654. The number of para-hydroxylation sites is 1. The van der Waals surface area contributed by atoms with Crippen molar-refractivity contribution < 1.29 is 9.21 Å². The highest BCUT2D eigenvalue weighted by Crippen LogP contribution is 2.32. The van der Waals surface area contributed by atoms with Crippen molar-refractivity contribution in [3.63, 3.8) is 0 Å². The molecule has 0 bridgehead atoms. The number of nitrogens with zero attached hydrogens (tertiary/aromatic N) is 1. The molecule has 2 aromatic rings. The number of thiocarbonyl (C=S) groups is 1. The van der Waals surface area contributed by atoms with Gasteiger partial charge in [0.2, 0.25) is 0 Å². The van der Waals surface area contributed by atoms with Crippen molar-refractivity contribution in [1.29, 1.82) is 0 Å². The number of hydrogen-bond acceptors (Lipinski definition) is 4. The van der Waals surface area contributed by atoms with Gasteiger partial charge < -0.3 is 4.42 Å². The molecule has 1 aromatic carbocycles. The molecule has 1 amide bonds. The highest BCUT2D eigenvalue weighted by atomic mass is 32.2. The molecule has 0 unspecified atom stereocenters. The molecule has 1 aliphatic heterocycles. The summed E-state index contributed by atoms with van der Waals surface area (Å²) in [5.41, 5.74) is 0.815. The van der Waals surface area contributed by atoms with Crippen LogP contribution in [0, 0.1) is 0 Å². The van der Waals surface area contributed by atoms with Gasteiger partial charge in [0, 0.05) is 18.5 Å². The zero-order valence-electron chi connectivity index (χ0n) is 9.54. The summed E-state index contributed by atoms with van der Waals surface area (Å²) < 4.78 is 6.22. The number of amides is 1. The molecule has 1 saturated heterocycles. The zero-order chi connectivity index (χ0) is 12.7. The first-order chi connectivity index (χ1) is 8.65. The number of furan rings is 1. The minimum Gasteiger partial charge on any atom is -0.457 e. The van der Waals surface area contributed by atoms with E-state index in [0.717, 1.165) is 11.0 Å². The lowest BCUT2D eigenvalue weighted by Gasteiger charge is -2.03. The molecule has 0 radical (unpaired) electrons. The Morgan fingerprint density at radius 3 is 2.83 bits per heavy atom. The van der Waals surface area contributed by atoms with Gasteiger partial charge in [-0.1, -0.05) is 42.2 Å². The van der Waals surface area contributed by atoms with Crippen molar-refractivity contribution >= 4 is 51.3 Å². The lowest BCUT2D eigenvalue weighted by molar-refractivity contribution is -0.121. The Hall–Kier alpha value is -1.59. The zero-order valence-corrected chi connectivity index (χ0v) is 11.2. The van der Waals surface area contributed by atoms with E-state index >= 15 is 0 Å². The van der Waals surface area contributed by atoms with Crippen LogP contribution >= 0.6 is 24.0 Å². The maximum Gasteiger partial charge on any atom is 0.266 e. The normalized spacial score (nSPS) is 18.3. The predicted octanol–water partition coefficient (Wildman–Crippen LogP) is 3.26. The van der Waals surface area contributed by atoms with E-state index in [1.165, 1.54) is 16.7 Å². The predicted molar refractivity (Wildman–Crippen MR) is 77.2 cm³/mol. The first-order valence-corrected chi connectivity index (χ1v) is 6.58. The second-order valence-corrected chi connectivity index (χ2v) is 5.60. The Balaban J connectivity index is 2.01. The Labute approximate surface area is 113 Å². The topological polar surface area (TPSA) is 33.5 Å². The standard InChI is InChI=1S/C13H9NO2S2/c1-14-12(15)11(18-13(14)17)7-9-6-8-4-2-3-5-10(8)16-9/h2-7H,1H3/b11-7-. The number of likely N-dealkylation sites (N-methyl/N-ethyl adjacent to an activating group) is 1. The lowest BCUT2D eigenvalue weighted by atomic mass is 10.2. The molecule has 90 valence electrons. The van der Waals surface area contributed by atoms with Gasteiger partial charge in [-0.2, -0.15) is 0 Å². The Kier molecular flexibility index (Phi) is 2.72. The highest BCUT2D eigenvalue weighted by Gasteiger charge is 2.28. The van der Waals surface area contributed by atoms with E-state index in [1.807, 2.05) is 30.3 Å². The van der Waals surface area contributed by atoms with E-state index in [0.29, 0.717) is 15.0 Å². The highest BCUT2D eigenvalue weighted by molar-refractivity contribution is 8.26. The molecule has 2 heterocycles. The minimum absolute atomic E-state index is 0.0783. The fraction of sp³-hybridized carbons (Fsp3) is 0.0769. The van der Waals surface area contributed by atoms with Crippen LogP contribution in [0.3, 0.4) is 0 Å². The van der Waals surface area contributed by atoms with E-state index in [9.17, 15) is 4.79 Å². The molecule has 1 aliphatic rings. The van der Waals surface area contributed by atoms with Crippen LogP contribution in [0.25, 0.3) is 17.0 Å². The summed E-state index contributed by atoms with van der Waals surface area (Å²) in [7, 11) is 1.68. The number of carbonyl (C=O) groups excluding carboxylic acids is 1. The fourth-order valence-corrected chi connectivity index (χ4v) is 2.91. The molecule has 0 spiro atoms. The lowest BCUT2D eigenvalue weighted by Crippen LogP contribution is -2.22. The summed E-state index contributed by atoms with van der Waals surface area (Å²) in [6, 6.07) is 9.66. The van der Waals surface area contributed by atoms with Gasteiger partial charge in [0.25, 0.3) is 5.91 Å². The van der Waals surface area contributed by atoms with Gasteiger partial charge in [-0.25, -0.2) is 0 Å². The van der Waals surface area contributed by atoms with Gasteiger partial charge in [-0.3, -0.25) is 9.69 Å². The largest absolute Gasteiger partial charge is 0.457 e. The van der Waals surface area contributed by atoms with Crippen LogP contribution in [0.5, 0.6) is 0 Å². The minimum atomic E-state index is -0.0783. The third-order valence-corrected chi connectivity index (χ3v) is 4.19. The molecule has 0 saturated carbocycles. The Morgan fingerprint density at radius 1 is 1.39 bits per heavy atom. The van der Waals surface area contributed by atoms with Crippen molar-refractivity contribution in [2.75, 3.05) is 7.05 Å². The fourth-order valence-electron chi connectivity index (χ4n) is 1.75. The third-order valence-electron chi connectivity index (χ3n) is 2.70. The molecule has 0 atom stereocenters. The first-order valence-electron chi connectivity index (χ1n) is 5.35. The van der Waals surface area contributed by atoms with Crippen LogP contribution < -0.4 is 0 Å². The van der Waals surface area contributed by atoms with Crippen molar-refractivity contribution in [2.45, 2.75) is 0 Å². The van der Waals surface area contributed by atoms with Gasteiger partial charge in [0.15, 0.2) is 0 Å². The second kappa shape index (κ2) is 4.26. The summed E-state index contributed by atoms with van der Waals surface area (Å²) >= 11 is 6.37. The van der Waals surface area contributed by atoms with Gasteiger partial charge in [0.1, 0.15) is 15.7 Å². The van der Waals surface area contributed by atoms with Crippen LogP contribution in [0.2, 0.25) is 0 Å². The van der Waals surface area contributed by atoms with E-state index in [2.05, 4.69) is 0 Å². The monoisotopic (exact) mass is 275 g/mol.